The molecule has 0 aromatic heterocycles. The lowest BCUT2D eigenvalue weighted by atomic mass is 10.1. The number of anilines is 1. The summed E-state index contributed by atoms with van der Waals surface area (Å²) in [5.41, 5.74) is 0.693. The van der Waals surface area contributed by atoms with Gasteiger partial charge in [-0.05, 0) is 42.8 Å². The quantitative estimate of drug-likeness (QED) is 0.745. The summed E-state index contributed by atoms with van der Waals surface area (Å²) in [6, 6.07) is 14.7. The molecule has 0 aliphatic carbocycles. The molecule has 5 nitrogen and oxygen atoms in total. The Hall–Kier alpha value is -2.18. The van der Waals surface area contributed by atoms with Gasteiger partial charge in [-0.2, -0.15) is 0 Å². The number of benzene rings is 2. The van der Waals surface area contributed by atoms with Gasteiger partial charge in [0.25, 0.3) is 5.91 Å². The molecule has 2 aromatic carbocycles. The maximum absolute atomic E-state index is 12.9. The van der Waals surface area contributed by atoms with Crippen LogP contribution in [0, 0.1) is 0 Å². The molecule has 0 spiro atoms. The second kappa shape index (κ2) is 9.15. The van der Waals surface area contributed by atoms with Gasteiger partial charge in [-0.15, -0.1) is 11.8 Å². The molecule has 142 valence electrons. The predicted molar refractivity (Wildman–Crippen MR) is 109 cm³/mol. The van der Waals surface area contributed by atoms with Crippen molar-refractivity contribution in [3.05, 3.63) is 53.6 Å². The van der Waals surface area contributed by atoms with E-state index in [9.17, 15) is 9.59 Å². The number of nitrogens with zero attached hydrogens (tertiary/aromatic N) is 1. The molecule has 2 aromatic rings. The molecule has 3 rings (SSSR count). The van der Waals surface area contributed by atoms with Crippen LogP contribution in [0.25, 0.3) is 0 Å². The van der Waals surface area contributed by atoms with Crippen LogP contribution in [0.4, 0.5) is 5.69 Å². The van der Waals surface area contributed by atoms with Gasteiger partial charge in [-0.25, -0.2) is 0 Å². The van der Waals surface area contributed by atoms with Crippen molar-refractivity contribution >= 4 is 40.9 Å². The Balaban J connectivity index is 1.72. The highest BCUT2D eigenvalue weighted by Crippen LogP contribution is 2.34. The van der Waals surface area contributed by atoms with Gasteiger partial charge >= 0.3 is 0 Å². The Morgan fingerprint density at radius 3 is 2.70 bits per heavy atom. The van der Waals surface area contributed by atoms with Crippen LogP contribution in [0.15, 0.2) is 53.4 Å². The SMILES string of the molecule is CCCNC(=O)[C@H]1CN(C(=O)CSc2ccc(Cl)cc2)c2ccccc2O1. The number of nitrogens with one attached hydrogen (secondary N) is 1. The largest absolute Gasteiger partial charge is 0.477 e. The lowest BCUT2D eigenvalue weighted by Crippen LogP contribution is -2.51. The van der Waals surface area contributed by atoms with E-state index >= 15 is 0 Å². The minimum atomic E-state index is -0.712. The topological polar surface area (TPSA) is 58.6 Å². The zero-order chi connectivity index (χ0) is 19.2. The number of halogens is 1. The van der Waals surface area contributed by atoms with Gasteiger partial charge in [0.05, 0.1) is 18.0 Å². The number of amides is 2. The van der Waals surface area contributed by atoms with Gasteiger partial charge < -0.3 is 15.0 Å². The van der Waals surface area contributed by atoms with Crippen LogP contribution >= 0.6 is 23.4 Å². The van der Waals surface area contributed by atoms with E-state index in [0.717, 1.165) is 11.3 Å². The van der Waals surface area contributed by atoms with Crippen LogP contribution in [0.1, 0.15) is 13.3 Å². The molecule has 1 aliphatic rings. The van der Waals surface area contributed by atoms with Crippen LogP contribution in [-0.4, -0.2) is 36.8 Å². The third-order valence-corrected chi connectivity index (χ3v) is 5.34. The van der Waals surface area contributed by atoms with Crippen molar-refractivity contribution in [2.45, 2.75) is 24.3 Å². The average Bonchev–Trinajstić information content (AvgIpc) is 2.70. The average molecular weight is 405 g/mol. The van der Waals surface area contributed by atoms with Gasteiger partial charge in [0.2, 0.25) is 5.91 Å². The first-order valence-electron chi connectivity index (χ1n) is 8.80. The summed E-state index contributed by atoms with van der Waals surface area (Å²) in [6.07, 6.45) is 0.131. The Labute approximate surface area is 168 Å². The molecule has 0 radical (unpaired) electrons. The van der Waals surface area contributed by atoms with E-state index in [1.165, 1.54) is 11.8 Å². The molecular weight excluding hydrogens is 384 g/mol. The Kier molecular flexibility index (Phi) is 6.63. The molecule has 0 fully saturated rings. The summed E-state index contributed by atoms with van der Waals surface area (Å²) in [6.45, 7) is 2.77. The third kappa shape index (κ3) is 4.96. The summed E-state index contributed by atoms with van der Waals surface area (Å²) >= 11 is 7.34. The molecule has 0 unspecified atom stereocenters. The number of ether oxygens (including phenoxy) is 1. The maximum atomic E-state index is 12.9. The summed E-state index contributed by atoms with van der Waals surface area (Å²) < 4.78 is 5.82. The lowest BCUT2D eigenvalue weighted by molar-refractivity contribution is -0.128. The van der Waals surface area contributed by atoms with Gasteiger partial charge in [0, 0.05) is 16.5 Å². The first-order chi connectivity index (χ1) is 13.1. The van der Waals surface area contributed by atoms with Crippen LogP contribution < -0.4 is 15.0 Å². The first kappa shape index (κ1) is 19.6. The molecule has 1 atom stereocenters. The molecule has 0 bridgehead atoms. The highest BCUT2D eigenvalue weighted by atomic mass is 35.5. The smallest absolute Gasteiger partial charge is 0.262 e. The van der Waals surface area contributed by atoms with Crippen molar-refractivity contribution in [1.82, 2.24) is 5.32 Å². The fourth-order valence-electron chi connectivity index (χ4n) is 2.72. The maximum Gasteiger partial charge on any atom is 0.262 e. The van der Waals surface area contributed by atoms with Crippen molar-refractivity contribution in [2.24, 2.45) is 0 Å². The standard InChI is InChI=1S/C20H21ClN2O3S/c1-2-11-22-20(25)18-12-23(16-5-3-4-6-17(16)26-18)19(24)13-27-15-9-7-14(21)8-10-15/h3-10,18H,2,11-13H2,1H3,(H,22,25)/t18-/m1/s1. The Morgan fingerprint density at radius 2 is 1.96 bits per heavy atom. The highest BCUT2D eigenvalue weighted by Gasteiger charge is 2.33. The number of hydrogen-bond acceptors (Lipinski definition) is 4. The van der Waals surface area contributed by atoms with Crippen LogP contribution in [0.5, 0.6) is 5.75 Å². The van der Waals surface area contributed by atoms with Crippen LogP contribution in [0.3, 0.4) is 0 Å². The van der Waals surface area contributed by atoms with Crippen molar-refractivity contribution in [3.8, 4) is 5.75 Å². The third-order valence-electron chi connectivity index (χ3n) is 4.09. The fourth-order valence-corrected chi connectivity index (χ4v) is 3.62. The Bertz CT molecular complexity index is 813. The number of hydrogen-bond donors (Lipinski definition) is 1. The minimum Gasteiger partial charge on any atom is -0.477 e. The lowest BCUT2D eigenvalue weighted by Gasteiger charge is -2.34. The van der Waals surface area contributed by atoms with Crippen molar-refractivity contribution < 1.29 is 14.3 Å². The fraction of sp³-hybridized carbons (Fsp3) is 0.300. The molecule has 1 N–H and O–H groups in total. The number of fused-ring (bicyclic) bond motifs is 1. The summed E-state index contributed by atoms with van der Waals surface area (Å²) in [5.74, 6) is 0.540. The number of carbonyl (C=O) groups excluding carboxylic acids is 2. The molecule has 7 heteroatoms. The number of para-hydroxylation sites is 2. The normalized spacial score (nSPS) is 15.6. The second-order valence-electron chi connectivity index (χ2n) is 6.11. The second-order valence-corrected chi connectivity index (χ2v) is 7.60. The van der Waals surface area contributed by atoms with E-state index in [0.29, 0.717) is 23.0 Å². The van der Waals surface area contributed by atoms with Crippen molar-refractivity contribution in [3.63, 3.8) is 0 Å². The number of carbonyl (C=O) groups is 2. The van der Waals surface area contributed by atoms with E-state index in [2.05, 4.69) is 5.32 Å². The molecule has 1 heterocycles. The van der Waals surface area contributed by atoms with Crippen LogP contribution in [0.2, 0.25) is 5.02 Å². The van der Waals surface area contributed by atoms with Crippen molar-refractivity contribution in [1.29, 1.82) is 0 Å². The molecule has 0 saturated carbocycles. The van der Waals surface area contributed by atoms with E-state index in [-0.39, 0.29) is 24.1 Å². The summed E-state index contributed by atoms with van der Waals surface area (Å²) in [7, 11) is 0. The minimum absolute atomic E-state index is 0.0704. The first-order valence-corrected chi connectivity index (χ1v) is 10.2. The molecule has 27 heavy (non-hydrogen) atoms. The van der Waals surface area contributed by atoms with Crippen LogP contribution in [-0.2, 0) is 9.59 Å². The van der Waals surface area contributed by atoms with Gasteiger partial charge in [-0.3, -0.25) is 9.59 Å². The predicted octanol–water partition coefficient (Wildman–Crippen LogP) is 3.75. The highest BCUT2D eigenvalue weighted by molar-refractivity contribution is 8.00. The van der Waals surface area contributed by atoms with Gasteiger partial charge in [0.15, 0.2) is 6.10 Å². The van der Waals surface area contributed by atoms with E-state index in [1.807, 2.05) is 37.3 Å². The van der Waals surface area contributed by atoms with Gasteiger partial charge in [-0.1, -0.05) is 30.7 Å². The number of rotatable bonds is 6. The Morgan fingerprint density at radius 1 is 1.22 bits per heavy atom. The molecule has 0 saturated heterocycles. The molecule has 2 amide bonds. The van der Waals surface area contributed by atoms with E-state index in [1.54, 1.807) is 23.1 Å². The van der Waals surface area contributed by atoms with E-state index in [4.69, 9.17) is 16.3 Å². The number of thioether (sulfide) groups is 1. The van der Waals surface area contributed by atoms with Gasteiger partial charge in [0.1, 0.15) is 5.75 Å². The summed E-state index contributed by atoms with van der Waals surface area (Å²) in [4.78, 5) is 27.8. The zero-order valence-corrected chi connectivity index (χ0v) is 16.6. The van der Waals surface area contributed by atoms with E-state index < -0.39 is 6.10 Å². The zero-order valence-electron chi connectivity index (χ0n) is 15.0. The molecule has 1 aliphatic heterocycles. The summed E-state index contributed by atoms with van der Waals surface area (Å²) in [5, 5.41) is 3.50. The molecular formula is C20H21ClN2O3S. The van der Waals surface area contributed by atoms with Crippen molar-refractivity contribution in [2.75, 3.05) is 23.7 Å². The monoisotopic (exact) mass is 404 g/mol.